The van der Waals surface area contributed by atoms with Crippen molar-refractivity contribution in [3.8, 4) is 11.5 Å². The maximum absolute atomic E-state index is 13.1. The first kappa shape index (κ1) is 25.0. The number of hydrogen-bond acceptors (Lipinski definition) is 8. The highest BCUT2D eigenvalue weighted by molar-refractivity contribution is 7.99. The molecule has 1 aromatic carbocycles. The number of hydrogen-bond donors (Lipinski definition) is 1. The predicted octanol–water partition coefficient (Wildman–Crippen LogP) is 5.21. The first-order valence-electron chi connectivity index (χ1n) is 11.7. The molecule has 1 aromatic heterocycles. The number of rotatable bonds is 12. The molecule has 1 atom stereocenters. The van der Waals surface area contributed by atoms with Crippen molar-refractivity contribution < 1.29 is 19.0 Å². The molecular formula is C24H34N4O4S. The molecule has 2 heterocycles. The van der Waals surface area contributed by atoms with Crippen LogP contribution in [0.4, 0.5) is 5.95 Å². The number of esters is 1. The minimum absolute atomic E-state index is 0.359. The first-order valence-corrected chi connectivity index (χ1v) is 12.7. The van der Waals surface area contributed by atoms with Gasteiger partial charge < -0.3 is 19.5 Å². The van der Waals surface area contributed by atoms with E-state index in [4.69, 9.17) is 19.3 Å². The average molecular weight is 475 g/mol. The summed E-state index contributed by atoms with van der Waals surface area (Å²) >= 11 is 1.60. The molecule has 0 aliphatic carbocycles. The SMILES string of the molecule is CCCOC(=O)C1=C(C)Nc2nc(SCCC)nn2C1c1ccc(OCCC)c(OCC)c1. The molecule has 0 radical (unpaired) electrons. The molecule has 2 aromatic rings. The lowest BCUT2D eigenvalue weighted by molar-refractivity contribution is -0.139. The summed E-state index contributed by atoms with van der Waals surface area (Å²) in [5.74, 6) is 2.49. The lowest BCUT2D eigenvalue weighted by Gasteiger charge is -2.28. The summed E-state index contributed by atoms with van der Waals surface area (Å²) < 4.78 is 19.0. The summed E-state index contributed by atoms with van der Waals surface area (Å²) in [6, 6.07) is 5.28. The van der Waals surface area contributed by atoms with Gasteiger partial charge in [-0.15, -0.1) is 5.10 Å². The molecule has 0 amide bonds. The molecule has 1 aliphatic heterocycles. The van der Waals surface area contributed by atoms with E-state index < -0.39 is 6.04 Å². The van der Waals surface area contributed by atoms with Gasteiger partial charge in [0.2, 0.25) is 11.1 Å². The molecule has 180 valence electrons. The number of allylic oxidation sites excluding steroid dienone is 1. The van der Waals surface area contributed by atoms with E-state index in [0.29, 0.717) is 53.7 Å². The van der Waals surface area contributed by atoms with Gasteiger partial charge in [0.25, 0.3) is 0 Å². The average Bonchev–Trinajstić information content (AvgIpc) is 3.21. The minimum atomic E-state index is -0.492. The fourth-order valence-electron chi connectivity index (χ4n) is 3.53. The van der Waals surface area contributed by atoms with E-state index in [1.807, 2.05) is 39.0 Å². The Kier molecular flexibility index (Phi) is 9.05. The number of thioether (sulfide) groups is 1. The second kappa shape index (κ2) is 12.0. The monoisotopic (exact) mass is 474 g/mol. The van der Waals surface area contributed by atoms with Crippen molar-refractivity contribution in [1.29, 1.82) is 0 Å². The van der Waals surface area contributed by atoms with Crippen molar-refractivity contribution in [3.05, 3.63) is 35.0 Å². The maximum atomic E-state index is 13.1. The van der Waals surface area contributed by atoms with E-state index in [9.17, 15) is 4.79 Å². The molecule has 3 rings (SSSR count). The van der Waals surface area contributed by atoms with Crippen LogP contribution in [0.25, 0.3) is 0 Å². The molecule has 33 heavy (non-hydrogen) atoms. The van der Waals surface area contributed by atoms with Crippen molar-refractivity contribution in [3.63, 3.8) is 0 Å². The molecular weight excluding hydrogens is 440 g/mol. The number of anilines is 1. The van der Waals surface area contributed by atoms with E-state index in [-0.39, 0.29) is 5.97 Å². The van der Waals surface area contributed by atoms with Gasteiger partial charge in [-0.1, -0.05) is 38.6 Å². The summed E-state index contributed by atoms with van der Waals surface area (Å²) in [6.07, 6.45) is 2.67. The molecule has 1 unspecified atom stereocenters. The van der Waals surface area contributed by atoms with Gasteiger partial charge >= 0.3 is 5.97 Å². The Hall–Kier alpha value is -2.68. The summed E-state index contributed by atoms with van der Waals surface area (Å²) in [5, 5.41) is 8.65. The quantitative estimate of drug-likeness (QED) is 0.331. The number of nitrogens with one attached hydrogen (secondary N) is 1. The molecule has 1 aliphatic rings. The van der Waals surface area contributed by atoms with Crippen LogP contribution in [0.5, 0.6) is 11.5 Å². The topological polar surface area (TPSA) is 87.5 Å². The van der Waals surface area contributed by atoms with E-state index in [0.717, 1.165) is 30.6 Å². The standard InChI is InChI=1S/C24H34N4O4S/c1-6-12-31-18-11-10-17(15-19(18)30-9-4)21-20(22(29)32-13-7-2)16(5)25-23-26-24(27-28(21)23)33-14-8-3/h10-11,15,21H,6-9,12-14H2,1-5H3,(H,25,26,27). The van der Waals surface area contributed by atoms with Crippen LogP contribution in [-0.2, 0) is 9.53 Å². The number of carbonyl (C=O) groups excluding carboxylic acids is 1. The molecule has 0 saturated carbocycles. The highest BCUT2D eigenvalue weighted by atomic mass is 32.2. The third kappa shape index (κ3) is 5.82. The highest BCUT2D eigenvalue weighted by Crippen LogP contribution is 2.40. The summed E-state index contributed by atoms with van der Waals surface area (Å²) in [6.45, 7) is 11.4. The number of carbonyl (C=O) groups is 1. The summed E-state index contributed by atoms with van der Waals surface area (Å²) in [4.78, 5) is 17.8. The number of ether oxygens (including phenoxy) is 3. The van der Waals surface area contributed by atoms with Crippen LogP contribution in [0.2, 0.25) is 0 Å². The zero-order valence-corrected chi connectivity index (χ0v) is 21.0. The van der Waals surface area contributed by atoms with Crippen LogP contribution in [0.3, 0.4) is 0 Å². The largest absolute Gasteiger partial charge is 0.490 e. The Balaban J connectivity index is 2.08. The van der Waals surface area contributed by atoms with E-state index in [1.165, 1.54) is 0 Å². The Morgan fingerprint density at radius 3 is 2.58 bits per heavy atom. The maximum Gasteiger partial charge on any atom is 0.338 e. The predicted molar refractivity (Wildman–Crippen MR) is 130 cm³/mol. The van der Waals surface area contributed by atoms with E-state index >= 15 is 0 Å². The summed E-state index contributed by atoms with van der Waals surface area (Å²) in [7, 11) is 0. The molecule has 0 saturated heterocycles. The highest BCUT2D eigenvalue weighted by Gasteiger charge is 2.35. The molecule has 0 fully saturated rings. The Morgan fingerprint density at radius 1 is 1.09 bits per heavy atom. The van der Waals surface area contributed by atoms with Gasteiger partial charge in [-0.25, -0.2) is 9.48 Å². The molecule has 0 bridgehead atoms. The van der Waals surface area contributed by atoms with Gasteiger partial charge in [-0.3, -0.25) is 0 Å². The third-order valence-electron chi connectivity index (χ3n) is 4.97. The van der Waals surface area contributed by atoms with Crippen molar-refractivity contribution in [2.24, 2.45) is 0 Å². The Bertz CT molecular complexity index is 989. The number of aromatic nitrogens is 3. The second-order valence-electron chi connectivity index (χ2n) is 7.70. The van der Waals surface area contributed by atoms with Crippen LogP contribution in [0.1, 0.15) is 65.5 Å². The van der Waals surface area contributed by atoms with Crippen LogP contribution in [0.15, 0.2) is 34.6 Å². The van der Waals surface area contributed by atoms with Gasteiger partial charge in [-0.2, -0.15) is 4.98 Å². The normalized spacial score (nSPS) is 15.1. The fourth-order valence-corrected chi connectivity index (χ4v) is 4.21. The van der Waals surface area contributed by atoms with Crippen molar-refractivity contribution in [2.45, 2.75) is 65.1 Å². The van der Waals surface area contributed by atoms with Crippen molar-refractivity contribution in [1.82, 2.24) is 14.8 Å². The summed E-state index contributed by atoms with van der Waals surface area (Å²) in [5.41, 5.74) is 2.07. The first-order chi connectivity index (χ1) is 16.0. The Labute approximate surface area is 200 Å². The van der Waals surface area contributed by atoms with E-state index in [1.54, 1.807) is 16.4 Å². The Morgan fingerprint density at radius 2 is 1.88 bits per heavy atom. The van der Waals surface area contributed by atoms with Crippen molar-refractivity contribution in [2.75, 3.05) is 30.9 Å². The van der Waals surface area contributed by atoms with Crippen LogP contribution in [-0.4, -0.2) is 46.3 Å². The fraction of sp³-hybridized carbons (Fsp3) is 0.542. The zero-order valence-electron chi connectivity index (χ0n) is 20.1. The molecule has 8 nitrogen and oxygen atoms in total. The second-order valence-corrected chi connectivity index (χ2v) is 8.76. The van der Waals surface area contributed by atoms with Gasteiger partial charge in [-0.05, 0) is 50.8 Å². The molecule has 0 spiro atoms. The number of fused-ring (bicyclic) bond motifs is 1. The minimum Gasteiger partial charge on any atom is -0.490 e. The smallest absolute Gasteiger partial charge is 0.338 e. The van der Waals surface area contributed by atoms with Crippen LogP contribution >= 0.6 is 11.8 Å². The van der Waals surface area contributed by atoms with Gasteiger partial charge in [0, 0.05) is 11.4 Å². The van der Waals surface area contributed by atoms with E-state index in [2.05, 4.69) is 24.1 Å². The van der Waals surface area contributed by atoms with Gasteiger partial charge in [0.15, 0.2) is 11.5 Å². The zero-order chi connectivity index (χ0) is 23.8. The number of benzene rings is 1. The van der Waals surface area contributed by atoms with Crippen molar-refractivity contribution >= 4 is 23.7 Å². The lowest BCUT2D eigenvalue weighted by Crippen LogP contribution is -2.29. The van der Waals surface area contributed by atoms with Crippen LogP contribution < -0.4 is 14.8 Å². The van der Waals surface area contributed by atoms with Gasteiger partial charge in [0.05, 0.1) is 25.4 Å². The lowest BCUT2D eigenvalue weighted by atomic mass is 9.95. The molecule has 9 heteroatoms. The van der Waals surface area contributed by atoms with Crippen LogP contribution in [0, 0.1) is 0 Å². The van der Waals surface area contributed by atoms with Gasteiger partial charge in [0.1, 0.15) is 6.04 Å². The number of nitrogens with zero attached hydrogens (tertiary/aromatic N) is 3. The third-order valence-corrected chi connectivity index (χ3v) is 6.01. The molecule has 1 N–H and O–H groups in total.